The van der Waals surface area contributed by atoms with Gasteiger partial charge in [-0.15, -0.1) is 10.2 Å². The number of fused-ring (bicyclic) bond motifs is 1. The van der Waals surface area contributed by atoms with Crippen molar-refractivity contribution in [2.75, 3.05) is 44.2 Å². The van der Waals surface area contributed by atoms with Crippen LogP contribution in [0.1, 0.15) is 44.3 Å². The fourth-order valence-electron chi connectivity index (χ4n) is 4.45. The molecule has 7 nitrogen and oxygen atoms in total. The first-order chi connectivity index (χ1) is 15.3. The molecule has 2 aliphatic heterocycles. The van der Waals surface area contributed by atoms with Gasteiger partial charge in [-0.3, -0.25) is 4.99 Å². The number of aliphatic imine (C=N–C) groups is 1. The maximum Gasteiger partial charge on any atom is 0.194 e. The zero-order valence-electron chi connectivity index (χ0n) is 18.6. The molecule has 0 amide bonds. The van der Waals surface area contributed by atoms with Crippen molar-refractivity contribution in [1.29, 1.82) is 0 Å². The number of aryl methyl sites for hydroxylation is 2. The molecule has 0 unspecified atom stereocenters. The van der Waals surface area contributed by atoms with E-state index < -0.39 is 0 Å². The van der Waals surface area contributed by atoms with Crippen molar-refractivity contribution in [3.8, 4) is 0 Å². The third-order valence-electron chi connectivity index (χ3n) is 6.11. The molecular formula is C23H34ClN7. The Morgan fingerprint density at radius 3 is 2.71 bits per heavy atom. The van der Waals surface area contributed by atoms with Gasteiger partial charge in [-0.1, -0.05) is 30.2 Å². The Morgan fingerprint density at radius 2 is 1.90 bits per heavy atom. The second-order valence-electron chi connectivity index (χ2n) is 8.26. The first kappa shape index (κ1) is 21.9. The Kier molecular flexibility index (Phi) is 7.67. The normalized spacial score (nSPS) is 17.4. The van der Waals surface area contributed by atoms with Gasteiger partial charge in [-0.05, 0) is 38.3 Å². The van der Waals surface area contributed by atoms with Gasteiger partial charge in [-0.25, -0.2) is 0 Å². The number of nitrogens with zero attached hydrogens (tertiary/aromatic N) is 6. The minimum absolute atomic E-state index is 0.801. The van der Waals surface area contributed by atoms with Crippen LogP contribution >= 0.6 is 11.6 Å². The maximum absolute atomic E-state index is 6.38. The van der Waals surface area contributed by atoms with Gasteiger partial charge in [0.05, 0.1) is 10.7 Å². The van der Waals surface area contributed by atoms with Crippen LogP contribution in [0.2, 0.25) is 5.02 Å². The van der Waals surface area contributed by atoms with E-state index in [-0.39, 0.29) is 0 Å². The Balaban J connectivity index is 1.30. The summed E-state index contributed by atoms with van der Waals surface area (Å²) in [4.78, 5) is 9.63. The third kappa shape index (κ3) is 5.50. The fourth-order valence-corrected chi connectivity index (χ4v) is 4.70. The molecule has 31 heavy (non-hydrogen) atoms. The second kappa shape index (κ2) is 10.8. The van der Waals surface area contributed by atoms with Crippen LogP contribution in [0.15, 0.2) is 29.3 Å². The summed E-state index contributed by atoms with van der Waals surface area (Å²) in [7, 11) is 0. The van der Waals surface area contributed by atoms with Crippen molar-refractivity contribution in [2.24, 2.45) is 4.99 Å². The van der Waals surface area contributed by atoms with E-state index in [9.17, 15) is 0 Å². The van der Waals surface area contributed by atoms with E-state index in [1.54, 1.807) is 0 Å². The Bertz CT molecular complexity index is 871. The fraction of sp³-hybridized carbons (Fsp3) is 0.609. The number of aromatic nitrogens is 3. The molecule has 0 atom stereocenters. The Hall–Kier alpha value is -2.28. The van der Waals surface area contributed by atoms with Gasteiger partial charge in [0.1, 0.15) is 11.6 Å². The predicted molar refractivity (Wildman–Crippen MR) is 127 cm³/mol. The quantitative estimate of drug-likeness (QED) is 0.421. The van der Waals surface area contributed by atoms with E-state index in [2.05, 4.69) is 42.9 Å². The van der Waals surface area contributed by atoms with Crippen LogP contribution in [0.3, 0.4) is 0 Å². The van der Waals surface area contributed by atoms with Crippen molar-refractivity contribution in [3.63, 3.8) is 0 Å². The molecule has 0 bridgehead atoms. The lowest BCUT2D eigenvalue weighted by Crippen LogP contribution is -2.52. The average molecular weight is 444 g/mol. The number of benzene rings is 1. The van der Waals surface area contributed by atoms with Crippen LogP contribution in [-0.2, 0) is 19.4 Å². The lowest BCUT2D eigenvalue weighted by Gasteiger charge is -2.38. The van der Waals surface area contributed by atoms with Gasteiger partial charge in [0, 0.05) is 58.7 Å². The highest BCUT2D eigenvalue weighted by molar-refractivity contribution is 6.33. The minimum atomic E-state index is 0.801. The van der Waals surface area contributed by atoms with Gasteiger partial charge < -0.3 is 19.7 Å². The number of hydrogen-bond acceptors (Lipinski definition) is 4. The van der Waals surface area contributed by atoms with Crippen molar-refractivity contribution in [1.82, 2.24) is 25.0 Å². The second-order valence-corrected chi connectivity index (χ2v) is 8.67. The largest absolute Gasteiger partial charge is 0.367 e. The lowest BCUT2D eigenvalue weighted by molar-refractivity contribution is 0.372. The predicted octanol–water partition coefficient (Wildman–Crippen LogP) is 3.38. The van der Waals surface area contributed by atoms with Gasteiger partial charge in [0.15, 0.2) is 5.96 Å². The Labute approximate surface area is 190 Å². The van der Waals surface area contributed by atoms with Crippen LogP contribution in [0, 0.1) is 0 Å². The number of halogens is 1. The standard InChI is InChI=1S/C23H34ClN7/c1-2-25-23(30-17-15-29(16-18-30)20-10-6-5-9-19(20)24)26-13-8-12-22-28-27-21-11-4-3-7-14-31(21)22/h5-6,9-10H,2-4,7-8,11-18H2,1H3,(H,25,26). The molecule has 1 fully saturated rings. The van der Waals surface area contributed by atoms with E-state index in [4.69, 9.17) is 16.6 Å². The first-order valence-electron chi connectivity index (χ1n) is 11.7. The number of piperazine rings is 1. The van der Waals surface area contributed by atoms with Crippen molar-refractivity contribution in [2.45, 2.75) is 52.0 Å². The van der Waals surface area contributed by atoms with Crippen molar-refractivity contribution < 1.29 is 0 Å². The molecule has 0 saturated carbocycles. The molecule has 0 spiro atoms. The summed E-state index contributed by atoms with van der Waals surface area (Å²) in [6, 6.07) is 8.09. The molecule has 168 valence electrons. The van der Waals surface area contributed by atoms with Crippen molar-refractivity contribution >= 4 is 23.2 Å². The number of anilines is 1. The molecule has 0 aliphatic carbocycles. The van der Waals surface area contributed by atoms with Gasteiger partial charge in [0.25, 0.3) is 0 Å². The number of hydrogen-bond donors (Lipinski definition) is 1. The van der Waals surface area contributed by atoms with Crippen LogP contribution < -0.4 is 10.2 Å². The number of rotatable bonds is 6. The number of nitrogens with one attached hydrogen (secondary N) is 1. The van der Waals surface area contributed by atoms with Crippen LogP contribution in [0.5, 0.6) is 0 Å². The number of guanidine groups is 1. The monoisotopic (exact) mass is 443 g/mol. The van der Waals surface area contributed by atoms with E-state index >= 15 is 0 Å². The summed E-state index contributed by atoms with van der Waals surface area (Å²) >= 11 is 6.38. The molecule has 8 heteroatoms. The summed E-state index contributed by atoms with van der Waals surface area (Å²) < 4.78 is 2.34. The van der Waals surface area contributed by atoms with Gasteiger partial charge in [0.2, 0.25) is 0 Å². The zero-order chi connectivity index (χ0) is 21.5. The topological polar surface area (TPSA) is 61.6 Å². The van der Waals surface area contributed by atoms with Crippen molar-refractivity contribution in [3.05, 3.63) is 40.9 Å². The number of para-hydroxylation sites is 1. The summed E-state index contributed by atoms with van der Waals surface area (Å²) in [5.41, 5.74) is 1.12. The highest BCUT2D eigenvalue weighted by atomic mass is 35.5. The minimum Gasteiger partial charge on any atom is -0.367 e. The summed E-state index contributed by atoms with van der Waals surface area (Å²) in [5, 5.41) is 13.2. The zero-order valence-corrected chi connectivity index (χ0v) is 19.3. The molecule has 1 N–H and O–H groups in total. The Morgan fingerprint density at radius 1 is 1.06 bits per heavy atom. The summed E-state index contributed by atoms with van der Waals surface area (Å²) in [6.07, 6.45) is 6.76. The van der Waals surface area contributed by atoms with Gasteiger partial charge >= 0.3 is 0 Å². The molecule has 3 heterocycles. The van der Waals surface area contributed by atoms with Crippen LogP contribution in [-0.4, -0.2) is 64.9 Å². The van der Waals surface area contributed by atoms with E-state index in [1.807, 2.05) is 18.2 Å². The molecule has 1 aromatic heterocycles. The molecule has 1 aromatic carbocycles. The summed E-state index contributed by atoms with van der Waals surface area (Å²) in [5.74, 6) is 3.31. The SMILES string of the molecule is CCNC(=NCCCc1nnc2n1CCCCC2)N1CCN(c2ccccc2Cl)CC1. The molecule has 2 aromatic rings. The van der Waals surface area contributed by atoms with E-state index in [1.165, 1.54) is 25.1 Å². The van der Waals surface area contributed by atoms with Crippen LogP contribution in [0.4, 0.5) is 5.69 Å². The molecule has 2 aliphatic rings. The highest BCUT2D eigenvalue weighted by Gasteiger charge is 2.21. The van der Waals surface area contributed by atoms with Gasteiger partial charge in [-0.2, -0.15) is 0 Å². The average Bonchev–Trinajstić information content (AvgIpc) is 3.02. The lowest BCUT2D eigenvalue weighted by atomic mass is 10.2. The highest BCUT2D eigenvalue weighted by Crippen LogP contribution is 2.26. The molecular weight excluding hydrogens is 410 g/mol. The maximum atomic E-state index is 6.38. The van der Waals surface area contributed by atoms with E-state index in [0.29, 0.717) is 0 Å². The first-order valence-corrected chi connectivity index (χ1v) is 12.1. The molecule has 1 saturated heterocycles. The molecule has 4 rings (SSSR count). The molecule has 0 radical (unpaired) electrons. The third-order valence-corrected chi connectivity index (χ3v) is 6.43. The smallest absolute Gasteiger partial charge is 0.194 e. The van der Waals surface area contributed by atoms with E-state index in [0.717, 1.165) is 87.6 Å². The van der Waals surface area contributed by atoms with Crippen LogP contribution in [0.25, 0.3) is 0 Å². The summed E-state index contributed by atoms with van der Waals surface area (Å²) in [6.45, 7) is 8.64.